The lowest BCUT2D eigenvalue weighted by Crippen LogP contribution is -2.31. The maximum Gasteiger partial charge on any atom is 0.312 e. The Morgan fingerprint density at radius 3 is 2.67 bits per heavy atom. The van der Waals surface area contributed by atoms with E-state index in [0.29, 0.717) is 16.8 Å². The lowest BCUT2D eigenvalue weighted by atomic mass is 10.0. The third-order valence-corrected chi connectivity index (χ3v) is 3.67. The molecule has 2 heterocycles. The van der Waals surface area contributed by atoms with E-state index in [2.05, 4.69) is 4.98 Å². The van der Waals surface area contributed by atoms with Crippen LogP contribution >= 0.6 is 0 Å². The molecule has 1 aliphatic rings. The summed E-state index contributed by atoms with van der Waals surface area (Å²) < 4.78 is 0. The first-order chi connectivity index (χ1) is 10.1. The Hall–Kier alpha value is -2.69. The Bertz CT molecular complexity index is 710. The highest BCUT2D eigenvalue weighted by molar-refractivity contribution is 6.08. The molecular formula is C16H14N2O3. The van der Waals surface area contributed by atoms with Crippen molar-refractivity contribution in [3.8, 4) is 0 Å². The summed E-state index contributed by atoms with van der Waals surface area (Å²) in [6.07, 6.45) is 1.52. The molecule has 5 nitrogen and oxygen atoms in total. The predicted octanol–water partition coefficient (Wildman–Crippen LogP) is 2.22. The highest BCUT2D eigenvalue weighted by Gasteiger charge is 2.36. The maximum atomic E-state index is 12.6. The number of aliphatic carboxylic acids is 1. The standard InChI is InChI=1S/C16H14N2O3/c1-10-6-7-11(8-17-10)15(19)18-9-13(16(20)21)12-4-2-3-5-14(12)18/h2-8,13H,9H2,1H3,(H,20,21). The van der Waals surface area contributed by atoms with Crippen molar-refractivity contribution in [3.05, 3.63) is 59.4 Å². The van der Waals surface area contributed by atoms with Crippen LogP contribution in [0.2, 0.25) is 0 Å². The molecule has 1 unspecified atom stereocenters. The van der Waals surface area contributed by atoms with Gasteiger partial charge in [-0.3, -0.25) is 14.6 Å². The van der Waals surface area contributed by atoms with Crippen LogP contribution < -0.4 is 4.90 Å². The number of aromatic nitrogens is 1. The van der Waals surface area contributed by atoms with E-state index >= 15 is 0 Å². The molecule has 2 aromatic rings. The molecule has 5 heteroatoms. The fourth-order valence-electron chi connectivity index (χ4n) is 2.56. The molecule has 1 aromatic carbocycles. The fourth-order valence-corrected chi connectivity index (χ4v) is 2.56. The molecule has 3 rings (SSSR count). The van der Waals surface area contributed by atoms with Crippen molar-refractivity contribution < 1.29 is 14.7 Å². The molecule has 0 saturated carbocycles. The van der Waals surface area contributed by atoms with Crippen molar-refractivity contribution in [3.63, 3.8) is 0 Å². The number of carbonyl (C=O) groups is 2. The molecule has 0 saturated heterocycles. The number of amides is 1. The molecule has 1 atom stereocenters. The Morgan fingerprint density at radius 2 is 2.00 bits per heavy atom. The molecule has 1 aromatic heterocycles. The van der Waals surface area contributed by atoms with Crippen molar-refractivity contribution in [1.29, 1.82) is 0 Å². The average molecular weight is 282 g/mol. The molecule has 0 radical (unpaired) electrons. The van der Waals surface area contributed by atoms with Gasteiger partial charge in [0, 0.05) is 24.1 Å². The van der Waals surface area contributed by atoms with Crippen LogP contribution in [0.5, 0.6) is 0 Å². The smallest absolute Gasteiger partial charge is 0.312 e. The van der Waals surface area contributed by atoms with Crippen LogP contribution in [0, 0.1) is 6.92 Å². The first-order valence-electron chi connectivity index (χ1n) is 6.64. The fraction of sp³-hybridized carbons (Fsp3) is 0.188. The van der Waals surface area contributed by atoms with Gasteiger partial charge in [-0.1, -0.05) is 18.2 Å². The molecular weight excluding hydrogens is 268 g/mol. The van der Waals surface area contributed by atoms with E-state index in [9.17, 15) is 14.7 Å². The topological polar surface area (TPSA) is 70.5 Å². The van der Waals surface area contributed by atoms with Crippen molar-refractivity contribution in [2.75, 3.05) is 11.4 Å². The zero-order valence-electron chi connectivity index (χ0n) is 11.5. The molecule has 1 N–H and O–H groups in total. The summed E-state index contributed by atoms with van der Waals surface area (Å²) in [4.78, 5) is 29.6. The summed E-state index contributed by atoms with van der Waals surface area (Å²) in [7, 11) is 0. The van der Waals surface area contributed by atoms with E-state index < -0.39 is 11.9 Å². The first kappa shape index (κ1) is 13.3. The van der Waals surface area contributed by atoms with Gasteiger partial charge < -0.3 is 10.0 Å². The first-order valence-corrected chi connectivity index (χ1v) is 6.64. The average Bonchev–Trinajstić information content (AvgIpc) is 2.87. The van der Waals surface area contributed by atoms with Gasteiger partial charge in [0.15, 0.2) is 0 Å². The highest BCUT2D eigenvalue weighted by Crippen LogP contribution is 2.36. The van der Waals surface area contributed by atoms with Crippen LogP contribution in [0.15, 0.2) is 42.6 Å². The molecule has 1 amide bonds. The number of fused-ring (bicyclic) bond motifs is 1. The van der Waals surface area contributed by atoms with Crippen LogP contribution in [0.1, 0.15) is 27.5 Å². The summed E-state index contributed by atoms with van der Waals surface area (Å²) >= 11 is 0. The molecule has 0 bridgehead atoms. The lowest BCUT2D eigenvalue weighted by molar-refractivity contribution is -0.138. The van der Waals surface area contributed by atoms with Gasteiger partial charge in [-0.25, -0.2) is 0 Å². The van der Waals surface area contributed by atoms with E-state index in [-0.39, 0.29) is 12.5 Å². The quantitative estimate of drug-likeness (QED) is 0.916. The zero-order chi connectivity index (χ0) is 15.0. The number of nitrogens with zero attached hydrogens (tertiary/aromatic N) is 2. The predicted molar refractivity (Wildman–Crippen MR) is 77.5 cm³/mol. The van der Waals surface area contributed by atoms with Crippen molar-refractivity contribution >= 4 is 17.6 Å². The molecule has 1 aliphatic heterocycles. The van der Waals surface area contributed by atoms with E-state index in [4.69, 9.17) is 0 Å². The number of carboxylic acids is 1. The van der Waals surface area contributed by atoms with Crippen molar-refractivity contribution in [2.24, 2.45) is 0 Å². The lowest BCUT2D eigenvalue weighted by Gasteiger charge is -2.17. The Balaban J connectivity index is 1.98. The molecule has 0 aliphatic carbocycles. The summed E-state index contributed by atoms with van der Waals surface area (Å²) in [5.74, 6) is -1.82. The second-order valence-corrected chi connectivity index (χ2v) is 5.05. The molecule has 106 valence electrons. The number of anilines is 1. The van der Waals surface area contributed by atoms with E-state index in [1.807, 2.05) is 6.92 Å². The number of carbonyl (C=O) groups excluding carboxylic acids is 1. The largest absolute Gasteiger partial charge is 0.481 e. The van der Waals surface area contributed by atoms with Gasteiger partial charge in [0.05, 0.1) is 5.56 Å². The van der Waals surface area contributed by atoms with Crippen LogP contribution in [-0.4, -0.2) is 28.5 Å². The third kappa shape index (κ3) is 2.27. The van der Waals surface area contributed by atoms with Crippen LogP contribution in [0.25, 0.3) is 0 Å². The van der Waals surface area contributed by atoms with Crippen LogP contribution in [-0.2, 0) is 4.79 Å². The van der Waals surface area contributed by atoms with Crippen LogP contribution in [0.3, 0.4) is 0 Å². The number of rotatable bonds is 2. The van der Waals surface area contributed by atoms with Gasteiger partial charge in [0.1, 0.15) is 5.92 Å². The monoisotopic (exact) mass is 282 g/mol. The van der Waals surface area contributed by atoms with Crippen molar-refractivity contribution in [2.45, 2.75) is 12.8 Å². The number of hydrogen-bond donors (Lipinski definition) is 1. The molecule has 21 heavy (non-hydrogen) atoms. The minimum atomic E-state index is -0.917. The van der Waals surface area contributed by atoms with Gasteiger partial charge >= 0.3 is 5.97 Å². The molecule has 0 spiro atoms. The van der Waals surface area contributed by atoms with Gasteiger partial charge in [-0.05, 0) is 30.7 Å². The highest BCUT2D eigenvalue weighted by atomic mass is 16.4. The van der Waals surface area contributed by atoms with Gasteiger partial charge in [-0.15, -0.1) is 0 Å². The van der Waals surface area contributed by atoms with Gasteiger partial charge in [0.2, 0.25) is 0 Å². The minimum absolute atomic E-state index is 0.154. The zero-order valence-corrected chi connectivity index (χ0v) is 11.5. The van der Waals surface area contributed by atoms with Crippen LogP contribution in [0.4, 0.5) is 5.69 Å². The number of carboxylic acid groups (broad SMARTS) is 1. The van der Waals surface area contributed by atoms with E-state index in [1.54, 1.807) is 36.4 Å². The minimum Gasteiger partial charge on any atom is -0.481 e. The van der Waals surface area contributed by atoms with Gasteiger partial charge in [-0.2, -0.15) is 0 Å². The maximum absolute atomic E-state index is 12.6. The van der Waals surface area contributed by atoms with Gasteiger partial charge in [0.25, 0.3) is 5.91 Å². The van der Waals surface area contributed by atoms with Crippen molar-refractivity contribution in [1.82, 2.24) is 4.98 Å². The number of aryl methyl sites for hydroxylation is 1. The van der Waals surface area contributed by atoms with E-state index in [1.165, 1.54) is 11.1 Å². The third-order valence-electron chi connectivity index (χ3n) is 3.67. The normalized spacial score (nSPS) is 16.6. The summed E-state index contributed by atoms with van der Waals surface area (Å²) in [5.41, 5.74) is 2.63. The Morgan fingerprint density at radius 1 is 1.24 bits per heavy atom. The summed E-state index contributed by atoms with van der Waals surface area (Å²) in [6, 6.07) is 10.6. The number of para-hydroxylation sites is 1. The Labute approximate surface area is 121 Å². The number of hydrogen-bond acceptors (Lipinski definition) is 3. The van der Waals surface area contributed by atoms with E-state index in [0.717, 1.165) is 5.69 Å². The summed E-state index contributed by atoms with van der Waals surface area (Å²) in [6.45, 7) is 2.00. The SMILES string of the molecule is Cc1ccc(C(=O)N2CC(C(=O)O)c3ccccc32)cn1. The summed E-state index contributed by atoms with van der Waals surface area (Å²) in [5, 5.41) is 9.32. The second kappa shape index (κ2) is 5.01. The Kier molecular flexibility index (Phi) is 3.17. The number of benzene rings is 1. The molecule has 0 fully saturated rings. The second-order valence-electron chi connectivity index (χ2n) is 5.05. The number of pyridine rings is 1.